The Balaban J connectivity index is -0.000000203. The summed E-state index contributed by atoms with van der Waals surface area (Å²) in [7, 11) is -13.7. The maximum Gasteiger partial charge on any atom is 1.00 e. The van der Waals surface area contributed by atoms with Crippen molar-refractivity contribution in [1.82, 2.24) is 0 Å². The van der Waals surface area contributed by atoms with Crippen LogP contribution in [0.25, 0.3) is 0 Å². The van der Waals surface area contributed by atoms with Crippen LogP contribution in [-0.2, 0) is 30.4 Å². The largest absolute Gasteiger partial charge is 1.00 e. The van der Waals surface area contributed by atoms with Gasteiger partial charge in [-0.3, -0.25) is 4.55 Å². The van der Waals surface area contributed by atoms with Crippen molar-refractivity contribution in [2.45, 2.75) is 22.1 Å². The number of benzene rings is 5. The molecule has 27 heteroatoms. The van der Waals surface area contributed by atoms with E-state index in [0.29, 0.717) is 22.7 Å². The molecular weight excluding hydrogens is 1000 g/mol. The van der Waals surface area contributed by atoms with Crippen LogP contribution in [0.3, 0.4) is 0 Å². The van der Waals surface area contributed by atoms with E-state index >= 15 is 0 Å². The molecule has 0 atom stereocenters. The molecule has 14 nitrogen and oxygen atoms in total. The van der Waals surface area contributed by atoms with Gasteiger partial charge in [-0.1, -0.05) is 25.6 Å². The van der Waals surface area contributed by atoms with Crippen molar-refractivity contribution in [2.75, 3.05) is 0 Å². The van der Waals surface area contributed by atoms with Crippen LogP contribution < -0.4 is 59.1 Å². The Morgan fingerprint density at radius 3 is 1.21 bits per heavy atom. The summed E-state index contributed by atoms with van der Waals surface area (Å²) in [6.45, 7) is 0. The Labute approximate surface area is 393 Å². The van der Waals surface area contributed by atoms with Crippen molar-refractivity contribution in [3.8, 4) is 28.7 Å². The SMILES string of the molecule is C.O=S(=O)(O)c1ccc(O)c(F)c1.O=S(=O)([O-])c1cc(F)c(O)c(Br)c1.O=S(=O)([O-])c1ccc(O)c(F)c1.Oc1c(F)cccc1Br.Oc1ccccc1F.[2HH].[B].[Na+].[Na+]. The van der Waals surface area contributed by atoms with Crippen LogP contribution in [0, 0.1) is 29.1 Å². The summed E-state index contributed by atoms with van der Waals surface area (Å²) in [6.07, 6.45) is 0. The molecule has 5 aromatic rings. The maximum absolute atomic E-state index is 12.7. The Hall–Kier alpha value is -2.50. The normalized spacial score (nSPS) is 10.1. The monoisotopic (exact) mass is 1030 g/mol. The average Bonchev–Trinajstić information content (AvgIpc) is 3.06. The summed E-state index contributed by atoms with van der Waals surface area (Å²) < 4.78 is 154. The molecule has 6 N–H and O–H groups in total. The van der Waals surface area contributed by atoms with Crippen molar-refractivity contribution < 1.29 is 147 Å². The minimum Gasteiger partial charge on any atom is -0.744 e. The van der Waals surface area contributed by atoms with Crippen LogP contribution in [0.4, 0.5) is 22.0 Å². The fourth-order valence-electron chi connectivity index (χ4n) is 2.92. The zero-order valence-corrected chi connectivity index (χ0v) is 38.2. The minimum absolute atomic E-state index is 0. The van der Waals surface area contributed by atoms with E-state index in [-0.39, 0.29) is 92.4 Å². The molecule has 307 valence electrons. The quantitative estimate of drug-likeness (QED) is 0.0828. The van der Waals surface area contributed by atoms with Crippen LogP contribution in [0.15, 0.2) is 115 Å². The molecule has 5 aromatic carbocycles. The molecule has 0 bridgehead atoms. The first-order valence-corrected chi connectivity index (χ1v) is 19.1. The van der Waals surface area contributed by atoms with Gasteiger partial charge in [-0.15, -0.1) is 0 Å². The van der Waals surface area contributed by atoms with E-state index in [1.807, 2.05) is 0 Å². The van der Waals surface area contributed by atoms with Crippen molar-refractivity contribution in [3.05, 3.63) is 129 Å². The van der Waals surface area contributed by atoms with Gasteiger partial charge in [-0.2, -0.15) is 8.42 Å². The van der Waals surface area contributed by atoms with Crippen LogP contribution in [-0.4, -0.2) is 72.9 Å². The van der Waals surface area contributed by atoms with Crippen LogP contribution in [0.2, 0.25) is 0 Å². The Bertz CT molecular complexity index is 2310. The summed E-state index contributed by atoms with van der Waals surface area (Å²) >= 11 is 5.65. The van der Waals surface area contributed by atoms with E-state index in [0.717, 1.165) is 30.3 Å². The molecule has 0 unspecified atom stereocenters. The Morgan fingerprint density at radius 1 is 0.483 bits per heavy atom. The summed E-state index contributed by atoms with van der Waals surface area (Å²) in [6, 6.07) is 15.5. The van der Waals surface area contributed by atoms with Gasteiger partial charge in [0.2, 0.25) is 0 Å². The zero-order valence-electron chi connectivity index (χ0n) is 28.6. The second kappa shape index (κ2) is 27.4. The van der Waals surface area contributed by atoms with Crippen molar-refractivity contribution in [3.63, 3.8) is 0 Å². The molecule has 0 aliphatic heterocycles. The van der Waals surface area contributed by atoms with E-state index in [1.165, 1.54) is 30.3 Å². The first kappa shape index (κ1) is 62.2. The fourth-order valence-corrected chi connectivity index (χ4v) is 5.33. The third kappa shape index (κ3) is 21.7. The molecule has 0 heterocycles. The number of rotatable bonds is 3. The van der Waals surface area contributed by atoms with Gasteiger partial charge in [0.15, 0.2) is 57.8 Å². The Morgan fingerprint density at radius 2 is 0.862 bits per heavy atom. The van der Waals surface area contributed by atoms with Gasteiger partial charge in [0, 0.05) is 9.84 Å². The van der Waals surface area contributed by atoms with E-state index in [2.05, 4.69) is 31.9 Å². The van der Waals surface area contributed by atoms with Crippen molar-refractivity contribution in [1.29, 1.82) is 0 Å². The summed E-state index contributed by atoms with van der Waals surface area (Å²) in [5, 5.41) is 43.5. The second-order valence-corrected chi connectivity index (χ2v) is 15.3. The number of phenols is 5. The molecule has 0 fully saturated rings. The second-order valence-electron chi connectivity index (χ2n) is 9.37. The van der Waals surface area contributed by atoms with E-state index in [1.54, 1.807) is 12.1 Å². The molecule has 0 aromatic heterocycles. The maximum atomic E-state index is 12.7. The van der Waals surface area contributed by atoms with Crippen LogP contribution in [0.1, 0.15) is 8.85 Å². The molecule has 3 radical (unpaired) electrons. The molecule has 0 aliphatic carbocycles. The van der Waals surface area contributed by atoms with E-state index in [9.17, 15) is 56.3 Å². The first-order chi connectivity index (χ1) is 24.7. The predicted octanol–water partition coefficient (Wildman–Crippen LogP) is 0.746. The molecule has 0 amide bonds. The third-order valence-corrected chi connectivity index (χ3v) is 9.23. The van der Waals surface area contributed by atoms with E-state index in [4.69, 9.17) is 30.1 Å². The summed E-state index contributed by atoms with van der Waals surface area (Å²) in [4.78, 5) is -2.01. The molecule has 0 aliphatic rings. The Kier molecular flexibility index (Phi) is 29.3. The van der Waals surface area contributed by atoms with Gasteiger partial charge >= 0.3 is 59.1 Å². The van der Waals surface area contributed by atoms with Gasteiger partial charge < -0.3 is 34.6 Å². The average molecular weight is 1030 g/mol. The van der Waals surface area contributed by atoms with Gasteiger partial charge in [-0.25, -0.2) is 38.8 Å². The number of hydrogen-bond donors (Lipinski definition) is 6. The smallest absolute Gasteiger partial charge is 0.744 e. The predicted molar refractivity (Wildman–Crippen MR) is 196 cm³/mol. The van der Waals surface area contributed by atoms with E-state index < -0.39 is 91.4 Å². The molecule has 58 heavy (non-hydrogen) atoms. The van der Waals surface area contributed by atoms with Crippen molar-refractivity contribution >= 4 is 70.6 Å². The van der Waals surface area contributed by atoms with Crippen molar-refractivity contribution in [2.24, 2.45) is 0 Å². The summed E-state index contributed by atoms with van der Waals surface area (Å²) in [5.74, 6) is -7.29. The molecule has 0 spiro atoms. The first-order valence-electron chi connectivity index (χ1n) is 13.3. The standard InChI is InChI=1S/C6H4BrFO4S.C6H4BrFO.2C6H5FO4S.C6H5FO.CH4.B.2Na.H2/c7-4-1-3(13(10,11)12)2-5(8)6(4)9;7-4-2-1-3-5(8)6(4)9;2*7-5-3-4(12(9,10)11)1-2-6(5)8;7-5-3-1-2-4-6(5)8;;;;;/h1-2,9H,(H,10,11,12);1-3,9H;2*1-3,8H,(H,9,10,11);1-4,8H;1H4;;;;1H/q;;;;;;;2*+1;/p-2/i;;;;;;;;;1+1. The number of hydrogen-bond acceptors (Lipinski definition) is 13. The van der Waals surface area contributed by atoms with Gasteiger partial charge in [-0.05, 0) is 105 Å². The third-order valence-electron chi connectivity index (χ3n) is 5.49. The fraction of sp³-hybridized carbons (Fsp3) is 0.0323. The minimum atomic E-state index is -4.70. The topological polar surface area (TPSA) is 270 Å². The van der Waals surface area contributed by atoms with Crippen LogP contribution >= 0.6 is 31.9 Å². The number of phenolic OH excluding ortho intramolecular Hbond substituents is 5. The summed E-state index contributed by atoms with van der Waals surface area (Å²) in [5.41, 5.74) is 0. The number of halogens is 7. The zero-order chi connectivity index (χ0) is 41.8. The van der Waals surface area contributed by atoms with Gasteiger partial charge in [0.25, 0.3) is 10.1 Å². The number of para-hydroxylation sites is 2. The molecule has 0 saturated carbocycles. The number of aromatic hydroxyl groups is 5. The van der Waals surface area contributed by atoms with Gasteiger partial charge in [0.05, 0.1) is 23.6 Å². The van der Waals surface area contributed by atoms with Gasteiger partial charge in [0.1, 0.15) is 20.2 Å². The molecular formula is C31H27BBr2F5Na2O14S3. The van der Waals surface area contributed by atoms with Crippen LogP contribution in [0.5, 0.6) is 28.7 Å². The molecule has 0 saturated heterocycles. The molecule has 5 rings (SSSR count).